The summed E-state index contributed by atoms with van der Waals surface area (Å²) in [5, 5.41) is 0.347. The van der Waals surface area contributed by atoms with Crippen molar-refractivity contribution in [3.8, 4) is 5.75 Å². The van der Waals surface area contributed by atoms with Crippen LogP contribution in [0.4, 0.5) is 0 Å². The fourth-order valence-electron chi connectivity index (χ4n) is 1.82. The third-order valence-electron chi connectivity index (χ3n) is 2.35. The highest BCUT2D eigenvalue weighted by molar-refractivity contribution is 8.13. The standard InChI is InChI=1S/C10H10Cl2O3S/c1-10(2)5-6-3-7(11)4-8(9(6)15-10)16(12,13)14/h3-4H,5H2,1-2H3. The van der Waals surface area contributed by atoms with E-state index in [0.717, 1.165) is 5.56 Å². The molecule has 0 aliphatic carbocycles. The highest BCUT2D eigenvalue weighted by Gasteiger charge is 2.35. The van der Waals surface area contributed by atoms with Gasteiger partial charge in [-0.05, 0) is 26.0 Å². The van der Waals surface area contributed by atoms with Gasteiger partial charge in [0.25, 0.3) is 9.05 Å². The Bertz CT molecular complexity index is 549. The summed E-state index contributed by atoms with van der Waals surface area (Å²) in [5.74, 6) is 0.324. The molecular formula is C10H10Cl2O3S. The first kappa shape index (κ1) is 12.0. The van der Waals surface area contributed by atoms with Crippen molar-refractivity contribution in [2.24, 2.45) is 0 Å². The highest BCUT2D eigenvalue weighted by atomic mass is 35.7. The van der Waals surface area contributed by atoms with Crippen LogP contribution in [0, 0.1) is 0 Å². The summed E-state index contributed by atoms with van der Waals surface area (Å²) in [5.41, 5.74) is 0.348. The van der Waals surface area contributed by atoms with Crippen molar-refractivity contribution in [1.82, 2.24) is 0 Å². The maximum atomic E-state index is 11.4. The fourth-order valence-corrected chi connectivity index (χ4v) is 3.13. The average Bonchev–Trinajstić information content (AvgIpc) is 2.35. The molecule has 0 aromatic heterocycles. The van der Waals surface area contributed by atoms with Gasteiger partial charge in [0, 0.05) is 27.7 Å². The van der Waals surface area contributed by atoms with Crippen LogP contribution in [-0.4, -0.2) is 14.0 Å². The first-order valence-corrected chi connectivity index (χ1v) is 7.34. The Hall–Kier alpha value is -0.450. The van der Waals surface area contributed by atoms with Gasteiger partial charge in [-0.2, -0.15) is 0 Å². The number of fused-ring (bicyclic) bond motifs is 1. The van der Waals surface area contributed by atoms with Gasteiger partial charge in [0.15, 0.2) is 0 Å². The van der Waals surface area contributed by atoms with Crippen molar-refractivity contribution < 1.29 is 13.2 Å². The van der Waals surface area contributed by atoms with E-state index in [9.17, 15) is 8.42 Å². The van der Waals surface area contributed by atoms with E-state index in [1.54, 1.807) is 6.07 Å². The number of halogens is 2. The van der Waals surface area contributed by atoms with Crippen LogP contribution in [0.5, 0.6) is 5.75 Å². The Balaban J connectivity index is 2.68. The number of hydrogen-bond acceptors (Lipinski definition) is 3. The zero-order chi connectivity index (χ0) is 12.1. The third kappa shape index (κ3) is 2.14. The lowest BCUT2D eigenvalue weighted by molar-refractivity contribution is 0.135. The van der Waals surface area contributed by atoms with Crippen LogP contribution in [0.25, 0.3) is 0 Å². The molecule has 88 valence electrons. The van der Waals surface area contributed by atoms with E-state index >= 15 is 0 Å². The molecule has 0 saturated heterocycles. The van der Waals surface area contributed by atoms with Crippen LogP contribution >= 0.6 is 22.3 Å². The maximum absolute atomic E-state index is 11.4. The van der Waals surface area contributed by atoms with Crippen LogP contribution in [0.1, 0.15) is 19.4 Å². The molecule has 0 N–H and O–H groups in total. The van der Waals surface area contributed by atoms with E-state index in [0.29, 0.717) is 17.2 Å². The zero-order valence-corrected chi connectivity index (χ0v) is 11.1. The summed E-state index contributed by atoms with van der Waals surface area (Å²) >= 11 is 5.85. The summed E-state index contributed by atoms with van der Waals surface area (Å²) in [6.07, 6.45) is 0.613. The highest BCUT2D eigenvalue weighted by Crippen LogP contribution is 2.42. The van der Waals surface area contributed by atoms with Gasteiger partial charge in [-0.3, -0.25) is 0 Å². The van der Waals surface area contributed by atoms with Gasteiger partial charge in [-0.15, -0.1) is 0 Å². The number of hydrogen-bond donors (Lipinski definition) is 0. The second kappa shape index (κ2) is 3.52. The number of ether oxygens (including phenoxy) is 1. The monoisotopic (exact) mass is 280 g/mol. The van der Waals surface area contributed by atoms with Gasteiger partial charge < -0.3 is 4.74 Å². The number of benzene rings is 1. The second-order valence-corrected chi connectivity index (χ2v) is 7.34. The Morgan fingerprint density at radius 3 is 2.56 bits per heavy atom. The topological polar surface area (TPSA) is 43.4 Å². The molecule has 1 aromatic carbocycles. The lowest BCUT2D eigenvalue weighted by Gasteiger charge is -2.17. The fraction of sp³-hybridized carbons (Fsp3) is 0.400. The molecule has 16 heavy (non-hydrogen) atoms. The van der Waals surface area contributed by atoms with Crippen molar-refractivity contribution >= 4 is 31.3 Å². The van der Waals surface area contributed by atoms with Crippen LogP contribution in [0.15, 0.2) is 17.0 Å². The van der Waals surface area contributed by atoms with Gasteiger partial charge in [0.05, 0.1) is 0 Å². The lowest BCUT2D eigenvalue weighted by Crippen LogP contribution is -2.24. The van der Waals surface area contributed by atoms with E-state index in [-0.39, 0.29) is 4.90 Å². The van der Waals surface area contributed by atoms with Crippen molar-refractivity contribution in [3.63, 3.8) is 0 Å². The van der Waals surface area contributed by atoms with E-state index in [4.69, 9.17) is 27.0 Å². The second-order valence-electron chi connectivity index (χ2n) is 4.37. The minimum Gasteiger partial charge on any atom is -0.486 e. The van der Waals surface area contributed by atoms with Crippen molar-refractivity contribution in [1.29, 1.82) is 0 Å². The molecule has 1 aliphatic heterocycles. The first-order valence-electron chi connectivity index (χ1n) is 4.65. The van der Waals surface area contributed by atoms with Gasteiger partial charge in [-0.1, -0.05) is 11.6 Å². The van der Waals surface area contributed by atoms with Gasteiger partial charge >= 0.3 is 0 Å². The molecular weight excluding hydrogens is 271 g/mol. The molecule has 0 unspecified atom stereocenters. The van der Waals surface area contributed by atoms with Crippen molar-refractivity contribution in [2.75, 3.05) is 0 Å². The van der Waals surface area contributed by atoms with Crippen LogP contribution in [0.3, 0.4) is 0 Å². The van der Waals surface area contributed by atoms with Crippen LogP contribution in [0.2, 0.25) is 5.02 Å². The predicted molar refractivity (Wildman–Crippen MR) is 62.9 cm³/mol. The molecule has 0 fully saturated rings. The lowest BCUT2D eigenvalue weighted by atomic mass is 10.0. The predicted octanol–water partition coefficient (Wildman–Crippen LogP) is 2.98. The maximum Gasteiger partial charge on any atom is 0.265 e. The molecule has 6 heteroatoms. The van der Waals surface area contributed by atoms with Crippen molar-refractivity contribution in [2.45, 2.75) is 30.8 Å². The van der Waals surface area contributed by atoms with E-state index in [1.807, 2.05) is 13.8 Å². The van der Waals surface area contributed by atoms with Gasteiger partial charge in [0.2, 0.25) is 0 Å². The van der Waals surface area contributed by atoms with Crippen LogP contribution in [-0.2, 0) is 15.5 Å². The van der Waals surface area contributed by atoms with E-state index < -0.39 is 14.7 Å². The zero-order valence-electron chi connectivity index (χ0n) is 8.75. The smallest absolute Gasteiger partial charge is 0.265 e. The largest absolute Gasteiger partial charge is 0.486 e. The molecule has 1 aromatic rings. The molecule has 0 radical (unpaired) electrons. The van der Waals surface area contributed by atoms with E-state index in [2.05, 4.69) is 0 Å². The van der Waals surface area contributed by atoms with E-state index in [1.165, 1.54) is 6.07 Å². The molecule has 3 nitrogen and oxygen atoms in total. The minimum absolute atomic E-state index is 0.0535. The van der Waals surface area contributed by atoms with Gasteiger partial charge in [0.1, 0.15) is 16.2 Å². The third-order valence-corrected chi connectivity index (χ3v) is 3.90. The molecule has 0 saturated carbocycles. The van der Waals surface area contributed by atoms with Crippen molar-refractivity contribution in [3.05, 3.63) is 22.7 Å². The number of rotatable bonds is 1. The molecule has 2 rings (SSSR count). The molecule has 0 atom stereocenters. The van der Waals surface area contributed by atoms with Crippen LogP contribution < -0.4 is 4.74 Å². The quantitative estimate of drug-likeness (QED) is 0.743. The van der Waals surface area contributed by atoms with Gasteiger partial charge in [-0.25, -0.2) is 8.42 Å². The normalized spacial score (nSPS) is 18.0. The SMILES string of the molecule is CC1(C)Cc2cc(Cl)cc(S(=O)(=O)Cl)c2O1. The average molecular weight is 281 g/mol. The molecule has 0 spiro atoms. The summed E-state index contributed by atoms with van der Waals surface area (Å²) in [4.78, 5) is -0.0535. The molecule has 1 aliphatic rings. The molecule has 1 heterocycles. The Kier molecular flexibility index (Phi) is 2.64. The first-order chi connectivity index (χ1) is 7.19. The molecule has 0 amide bonds. The summed E-state index contributed by atoms with van der Waals surface area (Å²) in [6, 6.07) is 3.02. The summed E-state index contributed by atoms with van der Waals surface area (Å²) < 4.78 is 28.3. The Morgan fingerprint density at radius 2 is 2.00 bits per heavy atom. The summed E-state index contributed by atoms with van der Waals surface area (Å²) in [6.45, 7) is 3.76. The minimum atomic E-state index is -3.84. The summed E-state index contributed by atoms with van der Waals surface area (Å²) in [7, 11) is 1.50. The Labute approximate surface area is 104 Å². The molecule has 0 bridgehead atoms. The Morgan fingerprint density at radius 1 is 1.38 bits per heavy atom.